The van der Waals surface area contributed by atoms with Crippen LogP contribution in [-0.4, -0.2) is 171 Å². The van der Waals surface area contributed by atoms with Crippen molar-refractivity contribution in [3.05, 3.63) is 0 Å². The van der Waals surface area contributed by atoms with Crippen LogP contribution in [-0.2, 0) is 61.6 Å². The second-order valence-electron chi connectivity index (χ2n) is 9.18. The van der Waals surface area contributed by atoms with Gasteiger partial charge in [-0.15, -0.1) is 0 Å². The molecule has 0 spiro atoms. The normalized spacial score (nSPS) is 11.5. The van der Waals surface area contributed by atoms with E-state index in [9.17, 15) is 4.79 Å². The molecule has 0 aliphatic carbocycles. The second kappa shape index (κ2) is 40.2. The summed E-state index contributed by atoms with van der Waals surface area (Å²) < 4.78 is 65.0. The fourth-order valence-corrected chi connectivity index (χ4v) is 3.19. The molecule has 14 heteroatoms. The Labute approximate surface area is 264 Å². The monoisotopic (exact) mass is 643 g/mol. The third-order valence-electron chi connectivity index (χ3n) is 5.41. The van der Waals surface area contributed by atoms with Crippen LogP contribution in [0.15, 0.2) is 0 Å². The van der Waals surface area contributed by atoms with E-state index >= 15 is 0 Å². The Bertz CT molecular complexity index is 549. The van der Waals surface area contributed by atoms with Crippen LogP contribution >= 0.6 is 0 Å². The molecule has 0 heterocycles. The fraction of sp³-hybridized carbons (Fsp3) is 0.967. The minimum absolute atomic E-state index is 0.248. The summed E-state index contributed by atoms with van der Waals surface area (Å²) in [6.07, 6.45) is 1.99. The highest BCUT2D eigenvalue weighted by atomic mass is 16.6. The first-order valence-electron chi connectivity index (χ1n) is 16.0. The number of nitrogens with two attached hydrogens (primary N) is 1. The highest BCUT2D eigenvalue weighted by Gasteiger charge is 2.00. The molecule has 2 N–H and O–H groups in total. The van der Waals surface area contributed by atoms with Gasteiger partial charge in [-0.1, -0.05) is 6.92 Å². The van der Waals surface area contributed by atoms with E-state index in [1.54, 1.807) is 0 Å². The number of carbonyl (C=O) groups excluding carboxylic acids is 1. The van der Waals surface area contributed by atoms with Crippen molar-refractivity contribution in [2.45, 2.75) is 26.2 Å². The maximum Gasteiger partial charge on any atom is 0.135 e. The van der Waals surface area contributed by atoms with Gasteiger partial charge in [0.1, 0.15) is 5.78 Å². The Hall–Kier alpha value is -0.850. The molecule has 0 aliphatic heterocycles. The van der Waals surface area contributed by atoms with E-state index in [1.807, 2.05) is 6.92 Å². The van der Waals surface area contributed by atoms with Gasteiger partial charge in [-0.25, -0.2) is 0 Å². The summed E-state index contributed by atoms with van der Waals surface area (Å²) in [5.41, 5.74) is 5.33. The Kier molecular flexibility index (Phi) is 39.4. The molecule has 14 nitrogen and oxygen atoms in total. The van der Waals surface area contributed by atoms with Crippen molar-refractivity contribution in [3.63, 3.8) is 0 Å². The molecule has 0 amide bonds. The second-order valence-corrected chi connectivity index (χ2v) is 9.18. The molecule has 0 atom stereocenters. The maximum absolute atomic E-state index is 11.4. The summed E-state index contributed by atoms with van der Waals surface area (Å²) in [6.45, 7) is 14.8. The van der Waals surface area contributed by atoms with Crippen LogP contribution in [0.1, 0.15) is 26.2 Å². The molecule has 0 unspecified atom stereocenters. The average Bonchev–Trinajstić information content (AvgIpc) is 3.02. The van der Waals surface area contributed by atoms with Gasteiger partial charge in [0.05, 0.1) is 159 Å². The number of hydrogen-bond donors (Lipinski definition) is 1. The number of carbonyl (C=O) groups is 1. The lowest BCUT2D eigenvalue weighted by molar-refractivity contribution is -0.120. The van der Waals surface area contributed by atoms with Crippen LogP contribution in [0.2, 0.25) is 0 Å². The molecule has 0 saturated heterocycles. The Morgan fingerprint density at radius 1 is 0.341 bits per heavy atom. The van der Waals surface area contributed by atoms with Crippen LogP contribution in [0.4, 0.5) is 0 Å². The molecule has 264 valence electrons. The zero-order valence-electron chi connectivity index (χ0n) is 27.2. The van der Waals surface area contributed by atoms with E-state index < -0.39 is 0 Å². The van der Waals surface area contributed by atoms with Crippen LogP contribution in [0, 0.1) is 0 Å². The molecule has 0 rings (SSSR count). The zero-order valence-corrected chi connectivity index (χ0v) is 27.2. The lowest BCUT2D eigenvalue weighted by Gasteiger charge is -2.09. The fourth-order valence-electron chi connectivity index (χ4n) is 3.19. The molecule has 0 saturated carbocycles. The van der Waals surface area contributed by atoms with E-state index in [-0.39, 0.29) is 5.78 Å². The zero-order chi connectivity index (χ0) is 31.9. The average molecular weight is 644 g/mol. The van der Waals surface area contributed by atoms with E-state index in [2.05, 4.69) is 0 Å². The molecule has 44 heavy (non-hydrogen) atoms. The van der Waals surface area contributed by atoms with Gasteiger partial charge in [0.15, 0.2) is 0 Å². The van der Waals surface area contributed by atoms with E-state index in [4.69, 9.17) is 62.6 Å². The first kappa shape index (κ1) is 43.1. The number of ether oxygens (including phenoxy) is 12. The number of ketones is 1. The summed E-state index contributed by atoms with van der Waals surface area (Å²) in [6, 6.07) is 0. The van der Waals surface area contributed by atoms with Gasteiger partial charge in [0, 0.05) is 19.4 Å². The number of Topliss-reactive ketones (excluding diaryl/α,β-unsaturated/α-hetero) is 1. The first-order valence-corrected chi connectivity index (χ1v) is 16.0. The Balaban J connectivity index is 3.05. The summed E-state index contributed by atoms with van der Waals surface area (Å²) in [4.78, 5) is 11.4. The van der Waals surface area contributed by atoms with Crippen molar-refractivity contribution < 1.29 is 61.6 Å². The van der Waals surface area contributed by atoms with E-state index in [0.717, 1.165) is 6.42 Å². The third kappa shape index (κ3) is 39.2. The van der Waals surface area contributed by atoms with Crippen LogP contribution in [0.5, 0.6) is 0 Å². The van der Waals surface area contributed by atoms with Crippen LogP contribution in [0.3, 0.4) is 0 Å². The van der Waals surface area contributed by atoms with Crippen molar-refractivity contribution in [1.29, 1.82) is 0 Å². The smallest absolute Gasteiger partial charge is 0.135 e. The van der Waals surface area contributed by atoms with Gasteiger partial charge in [-0.2, -0.15) is 0 Å². The van der Waals surface area contributed by atoms with Gasteiger partial charge in [-0.3, -0.25) is 4.79 Å². The van der Waals surface area contributed by atoms with E-state index in [0.29, 0.717) is 178 Å². The van der Waals surface area contributed by atoms with Crippen molar-refractivity contribution >= 4 is 5.78 Å². The van der Waals surface area contributed by atoms with Crippen LogP contribution < -0.4 is 5.73 Å². The molecule has 0 fully saturated rings. The lowest BCUT2D eigenvalue weighted by Crippen LogP contribution is -2.15. The van der Waals surface area contributed by atoms with E-state index in [1.165, 1.54) is 0 Å². The van der Waals surface area contributed by atoms with Crippen LogP contribution in [0.25, 0.3) is 0 Å². The summed E-state index contributed by atoms with van der Waals surface area (Å²) in [7, 11) is 0. The minimum Gasteiger partial charge on any atom is -0.379 e. The van der Waals surface area contributed by atoms with Gasteiger partial charge < -0.3 is 62.6 Å². The maximum atomic E-state index is 11.4. The highest BCUT2D eigenvalue weighted by molar-refractivity contribution is 5.78. The number of rotatable bonds is 40. The quantitative estimate of drug-likeness (QED) is 0.0941. The standard InChI is InChI=1S/C30H61NO13/c1-2-3-30(32)4-6-33-8-10-35-12-14-37-16-18-39-20-22-41-24-26-43-28-29-44-27-25-42-23-21-40-19-17-38-15-13-36-11-9-34-7-5-31/h2-29,31H2,1H3. The largest absolute Gasteiger partial charge is 0.379 e. The van der Waals surface area contributed by atoms with Crippen molar-refractivity contribution in [2.24, 2.45) is 5.73 Å². The van der Waals surface area contributed by atoms with Crippen molar-refractivity contribution in [2.75, 3.05) is 165 Å². The third-order valence-corrected chi connectivity index (χ3v) is 5.41. The predicted octanol–water partition coefficient (Wildman–Crippen LogP) is 0.904. The SMILES string of the molecule is CCCC(=O)CCOCCOCCOCCOCCOCCOCCOCCOCCOCCOCCOCCOCCN. The van der Waals surface area contributed by atoms with Gasteiger partial charge in [-0.05, 0) is 6.42 Å². The topological polar surface area (TPSA) is 154 Å². The lowest BCUT2D eigenvalue weighted by atomic mass is 10.2. The molecule has 0 aromatic carbocycles. The van der Waals surface area contributed by atoms with Gasteiger partial charge in [0.2, 0.25) is 0 Å². The number of hydrogen-bond acceptors (Lipinski definition) is 14. The van der Waals surface area contributed by atoms with Gasteiger partial charge >= 0.3 is 0 Å². The molecule has 0 aromatic rings. The molecule has 0 aliphatic rings. The molecular formula is C30H61NO13. The molecule has 0 bridgehead atoms. The summed E-state index contributed by atoms with van der Waals surface area (Å²) >= 11 is 0. The summed E-state index contributed by atoms with van der Waals surface area (Å²) in [5.74, 6) is 0.248. The predicted molar refractivity (Wildman–Crippen MR) is 163 cm³/mol. The minimum atomic E-state index is 0.248. The van der Waals surface area contributed by atoms with Crippen molar-refractivity contribution in [3.8, 4) is 0 Å². The summed E-state index contributed by atoms with van der Waals surface area (Å²) in [5, 5.41) is 0. The molecule has 0 radical (unpaired) electrons. The highest BCUT2D eigenvalue weighted by Crippen LogP contribution is 1.95. The molecule has 0 aromatic heterocycles. The van der Waals surface area contributed by atoms with Crippen molar-refractivity contribution in [1.82, 2.24) is 0 Å². The molecular weight excluding hydrogens is 582 g/mol. The first-order chi connectivity index (χ1) is 21.8. The Morgan fingerprint density at radius 2 is 0.545 bits per heavy atom. The Morgan fingerprint density at radius 3 is 0.750 bits per heavy atom. The van der Waals surface area contributed by atoms with Gasteiger partial charge in [0.25, 0.3) is 0 Å².